The minimum atomic E-state index is -0.331. The molecule has 16 heavy (non-hydrogen) atoms. The first-order valence-corrected chi connectivity index (χ1v) is 5.32. The van der Waals surface area contributed by atoms with Gasteiger partial charge in [-0.2, -0.15) is 0 Å². The standard InChI is InChI=1S/C13H14FNO/c1-8(2)15-7-9(3)12-10(13(15)16)5-4-6-11(12)14/h4-8H,1-3H3. The van der Waals surface area contributed by atoms with Gasteiger partial charge in [-0.15, -0.1) is 0 Å². The Morgan fingerprint density at radius 3 is 2.62 bits per heavy atom. The van der Waals surface area contributed by atoms with E-state index in [0.717, 1.165) is 5.56 Å². The number of hydrogen-bond donors (Lipinski definition) is 0. The third kappa shape index (κ3) is 1.52. The van der Waals surface area contributed by atoms with Gasteiger partial charge in [0.15, 0.2) is 0 Å². The Hall–Kier alpha value is -1.64. The molecule has 84 valence electrons. The van der Waals surface area contributed by atoms with E-state index in [-0.39, 0.29) is 17.4 Å². The minimum Gasteiger partial charge on any atom is -0.312 e. The van der Waals surface area contributed by atoms with Crippen molar-refractivity contribution in [1.29, 1.82) is 0 Å². The highest BCUT2D eigenvalue weighted by atomic mass is 19.1. The number of aryl methyl sites for hydroxylation is 1. The number of benzene rings is 1. The lowest BCUT2D eigenvalue weighted by molar-refractivity contribution is 0.579. The third-order valence-corrected chi connectivity index (χ3v) is 2.76. The van der Waals surface area contributed by atoms with Crippen molar-refractivity contribution in [1.82, 2.24) is 4.57 Å². The van der Waals surface area contributed by atoms with Crippen molar-refractivity contribution in [2.75, 3.05) is 0 Å². The number of halogens is 1. The van der Waals surface area contributed by atoms with Gasteiger partial charge in [0.1, 0.15) is 5.82 Å². The molecule has 2 rings (SSSR count). The van der Waals surface area contributed by atoms with Gasteiger partial charge in [0.2, 0.25) is 0 Å². The molecule has 0 amide bonds. The van der Waals surface area contributed by atoms with Crippen LogP contribution in [0.15, 0.2) is 29.2 Å². The molecule has 3 heteroatoms. The molecule has 0 aliphatic carbocycles. The quantitative estimate of drug-likeness (QED) is 0.722. The molecule has 0 bridgehead atoms. The molecule has 0 unspecified atom stereocenters. The molecule has 0 saturated heterocycles. The predicted octanol–water partition coefficient (Wildman–Crippen LogP) is 3.03. The van der Waals surface area contributed by atoms with Crippen LogP contribution in [0, 0.1) is 12.7 Å². The van der Waals surface area contributed by atoms with Crippen molar-refractivity contribution in [3.05, 3.63) is 46.1 Å². The Morgan fingerprint density at radius 1 is 1.31 bits per heavy atom. The SMILES string of the molecule is Cc1cn(C(C)C)c(=O)c2cccc(F)c12. The van der Waals surface area contributed by atoms with Gasteiger partial charge in [-0.25, -0.2) is 4.39 Å². The van der Waals surface area contributed by atoms with Crippen LogP contribution in [0.2, 0.25) is 0 Å². The van der Waals surface area contributed by atoms with Gasteiger partial charge in [-0.05, 0) is 38.5 Å². The van der Waals surface area contributed by atoms with Crippen molar-refractivity contribution in [3.63, 3.8) is 0 Å². The summed E-state index contributed by atoms with van der Waals surface area (Å²) in [5.41, 5.74) is 0.663. The summed E-state index contributed by atoms with van der Waals surface area (Å²) in [4.78, 5) is 12.1. The summed E-state index contributed by atoms with van der Waals surface area (Å²) in [6.07, 6.45) is 1.72. The predicted molar refractivity (Wildman–Crippen MR) is 63.3 cm³/mol. The number of nitrogens with zero attached hydrogens (tertiary/aromatic N) is 1. The smallest absolute Gasteiger partial charge is 0.258 e. The van der Waals surface area contributed by atoms with Crippen LogP contribution in [0.4, 0.5) is 4.39 Å². The first-order chi connectivity index (χ1) is 7.52. The first kappa shape index (κ1) is 10.9. The molecule has 0 spiro atoms. The van der Waals surface area contributed by atoms with Crippen LogP contribution in [-0.4, -0.2) is 4.57 Å². The van der Waals surface area contributed by atoms with Crippen molar-refractivity contribution < 1.29 is 4.39 Å². The van der Waals surface area contributed by atoms with Crippen LogP contribution in [0.25, 0.3) is 10.8 Å². The molecule has 0 aliphatic rings. The molecule has 1 aromatic heterocycles. The van der Waals surface area contributed by atoms with E-state index < -0.39 is 0 Å². The lowest BCUT2D eigenvalue weighted by Gasteiger charge is -2.13. The summed E-state index contributed by atoms with van der Waals surface area (Å²) in [6.45, 7) is 5.70. The van der Waals surface area contributed by atoms with Gasteiger partial charge in [0, 0.05) is 17.6 Å². The van der Waals surface area contributed by atoms with E-state index in [1.165, 1.54) is 6.07 Å². The van der Waals surface area contributed by atoms with E-state index in [0.29, 0.717) is 10.8 Å². The Morgan fingerprint density at radius 2 is 2.00 bits per heavy atom. The zero-order valence-electron chi connectivity index (χ0n) is 9.62. The van der Waals surface area contributed by atoms with Crippen LogP contribution in [0.3, 0.4) is 0 Å². The maximum atomic E-state index is 13.6. The Balaban J connectivity index is 2.96. The third-order valence-electron chi connectivity index (χ3n) is 2.76. The molecule has 0 aliphatic heterocycles. The second-order valence-electron chi connectivity index (χ2n) is 4.28. The van der Waals surface area contributed by atoms with Crippen molar-refractivity contribution in [3.8, 4) is 0 Å². The van der Waals surface area contributed by atoms with Crippen molar-refractivity contribution in [2.45, 2.75) is 26.8 Å². The highest BCUT2D eigenvalue weighted by Gasteiger charge is 2.10. The number of rotatable bonds is 1. The molecule has 0 fully saturated rings. The second kappa shape index (κ2) is 3.74. The maximum Gasteiger partial charge on any atom is 0.258 e. The average molecular weight is 219 g/mol. The maximum absolute atomic E-state index is 13.6. The van der Waals surface area contributed by atoms with E-state index in [2.05, 4.69) is 0 Å². The van der Waals surface area contributed by atoms with Crippen LogP contribution in [0.1, 0.15) is 25.5 Å². The van der Waals surface area contributed by atoms with Gasteiger partial charge in [-0.3, -0.25) is 4.79 Å². The van der Waals surface area contributed by atoms with E-state index in [1.807, 2.05) is 20.8 Å². The summed E-state index contributed by atoms with van der Waals surface area (Å²) in [7, 11) is 0. The molecule has 0 saturated carbocycles. The normalized spacial score (nSPS) is 11.3. The molecule has 0 atom stereocenters. The Bertz CT molecular complexity index is 599. The molecule has 0 N–H and O–H groups in total. The van der Waals surface area contributed by atoms with Gasteiger partial charge in [0.25, 0.3) is 5.56 Å². The summed E-state index contributed by atoms with van der Waals surface area (Å²) < 4.78 is 15.2. The fourth-order valence-electron chi connectivity index (χ4n) is 1.96. The number of aromatic nitrogens is 1. The van der Waals surface area contributed by atoms with Crippen molar-refractivity contribution >= 4 is 10.8 Å². The molecule has 1 heterocycles. The van der Waals surface area contributed by atoms with Gasteiger partial charge in [0.05, 0.1) is 5.39 Å². The summed E-state index contributed by atoms with van der Waals surface area (Å²) >= 11 is 0. The first-order valence-electron chi connectivity index (χ1n) is 5.32. The zero-order chi connectivity index (χ0) is 11.9. The fraction of sp³-hybridized carbons (Fsp3) is 0.308. The number of fused-ring (bicyclic) bond motifs is 1. The van der Waals surface area contributed by atoms with E-state index in [1.54, 1.807) is 22.9 Å². The fourth-order valence-corrected chi connectivity index (χ4v) is 1.96. The Labute approximate surface area is 93.3 Å². The highest BCUT2D eigenvalue weighted by molar-refractivity contribution is 5.85. The number of hydrogen-bond acceptors (Lipinski definition) is 1. The van der Waals surface area contributed by atoms with E-state index in [9.17, 15) is 9.18 Å². The van der Waals surface area contributed by atoms with Crippen molar-refractivity contribution in [2.24, 2.45) is 0 Å². The highest BCUT2D eigenvalue weighted by Crippen LogP contribution is 2.19. The van der Waals surface area contributed by atoms with E-state index in [4.69, 9.17) is 0 Å². The molecular weight excluding hydrogens is 205 g/mol. The Kier molecular flexibility index (Phi) is 2.54. The summed E-state index contributed by atoms with van der Waals surface area (Å²) in [6, 6.07) is 4.71. The summed E-state index contributed by atoms with van der Waals surface area (Å²) in [5, 5.41) is 0.887. The van der Waals surface area contributed by atoms with Crippen LogP contribution < -0.4 is 5.56 Å². The molecule has 2 aromatic rings. The van der Waals surface area contributed by atoms with Gasteiger partial charge < -0.3 is 4.57 Å². The lowest BCUT2D eigenvalue weighted by atomic mass is 10.1. The molecule has 1 aromatic carbocycles. The zero-order valence-corrected chi connectivity index (χ0v) is 9.62. The van der Waals surface area contributed by atoms with Gasteiger partial charge in [-0.1, -0.05) is 6.07 Å². The van der Waals surface area contributed by atoms with Crippen LogP contribution >= 0.6 is 0 Å². The number of pyridine rings is 1. The molecule has 2 nitrogen and oxygen atoms in total. The second-order valence-corrected chi connectivity index (χ2v) is 4.28. The summed E-state index contributed by atoms with van der Waals surface area (Å²) in [5.74, 6) is -0.331. The molecule has 0 radical (unpaired) electrons. The topological polar surface area (TPSA) is 22.0 Å². The monoisotopic (exact) mass is 219 g/mol. The van der Waals surface area contributed by atoms with E-state index >= 15 is 0 Å². The van der Waals surface area contributed by atoms with Crippen LogP contribution in [0.5, 0.6) is 0 Å². The largest absolute Gasteiger partial charge is 0.312 e. The molecular formula is C13H14FNO. The lowest BCUT2D eigenvalue weighted by Crippen LogP contribution is -2.22. The minimum absolute atomic E-state index is 0.0823. The average Bonchev–Trinajstić information content (AvgIpc) is 2.22. The van der Waals surface area contributed by atoms with Crippen LogP contribution in [-0.2, 0) is 0 Å². The van der Waals surface area contributed by atoms with Gasteiger partial charge >= 0.3 is 0 Å².